The van der Waals surface area contributed by atoms with Crippen LogP contribution in [0.25, 0.3) is 0 Å². The molecular formula is C11H11FN2O3. The van der Waals surface area contributed by atoms with Crippen LogP contribution < -0.4 is 10.5 Å². The summed E-state index contributed by atoms with van der Waals surface area (Å²) in [5, 5.41) is 17.7. The summed E-state index contributed by atoms with van der Waals surface area (Å²) < 4.78 is 18.3. The monoisotopic (exact) mass is 238 g/mol. The first-order chi connectivity index (χ1) is 8.04. The van der Waals surface area contributed by atoms with E-state index in [0.717, 1.165) is 6.07 Å². The third-order valence-corrected chi connectivity index (χ3v) is 2.33. The quantitative estimate of drug-likeness (QED) is 0.809. The van der Waals surface area contributed by atoms with Gasteiger partial charge in [0.25, 0.3) is 0 Å². The first-order valence-corrected chi connectivity index (χ1v) is 4.75. The second kappa shape index (κ2) is 5.27. The van der Waals surface area contributed by atoms with Crippen LogP contribution in [0.5, 0.6) is 5.75 Å². The van der Waals surface area contributed by atoms with Gasteiger partial charge in [0.1, 0.15) is 6.07 Å². The molecule has 0 saturated carbocycles. The maximum atomic E-state index is 13.5. The van der Waals surface area contributed by atoms with E-state index in [1.807, 2.05) is 0 Å². The first-order valence-electron chi connectivity index (χ1n) is 4.75. The highest BCUT2D eigenvalue weighted by molar-refractivity contribution is 5.76. The number of nitriles is 1. The molecule has 0 amide bonds. The molecule has 1 atom stereocenters. The number of nitrogens with two attached hydrogens (primary N) is 1. The fraction of sp³-hybridized carbons (Fsp3) is 0.273. The second-order valence-electron chi connectivity index (χ2n) is 3.32. The Labute approximate surface area is 97.2 Å². The summed E-state index contributed by atoms with van der Waals surface area (Å²) in [6.45, 7) is -0.175. The van der Waals surface area contributed by atoms with Gasteiger partial charge in [-0.05, 0) is 17.7 Å². The van der Waals surface area contributed by atoms with E-state index in [9.17, 15) is 9.18 Å². The van der Waals surface area contributed by atoms with Crippen molar-refractivity contribution in [1.29, 1.82) is 5.26 Å². The molecule has 3 N–H and O–H groups in total. The van der Waals surface area contributed by atoms with E-state index >= 15 is 0 Å². The predicted octanol–water partition coefficient (Wildman–Crippen LogP) is 0.833. The Kier molecular flexibility index (Phi) is 4.01. The predicted molar refractivity (Wildman–Crippen MR) is 57.1 cm³/mol. The van der Waals surface area contributed by atoms with Crippen molar-refractivity contribution in [1.82, 2.24) is 0 Å². The van der Waals surface area contributed by atoms with Gasteiger partial charge in [0.05, 0.1) is 18.6 Å². The van der Waals surface area contributed by atoms with Gasteiger partial charge in [0, 0.05) is 6.54 Å². The summed E-state index contributed by atoms with van der Waals surface area (Å²) in [7, 11) is 1.23. The number of aliphatic carboxylic acids is 1. The summed E-state index contributed by atoms with van der Waals surface area (Å²) in [5.41, 5.74) is 5.39. The smallest absolute Gasteiger partial charge is 0.312 e. The largest absolute Gasteiger partial charge is 0.492 e. The van der Waals surface area contributed by atoms with Crippen molar-refractivity contribution in [3.8, 4) is 11.8 Å². The lowest BCUT2D eigenvalue weighted by Crippen LogP contribution is -2.21. The maximum Gasteiger partial charge on any atom is 0.312 e. The molecular weight excluding hydrogens is 227 g/mol. The molecule has 5 nitrogen and oxygen atoms in total. The van der Waals surface area contributed by atoms with E-state index in [-0.39, 0.29) is 23.4 Å². The highest BCUT2D eigenvalue weighted by Crippen LogP contribution is 2.27. The average molecular weight is 238 g/mol. The number of hydrogen-bond acceptors (Lipinski definition) is 4. The Morgan fingerprint density at radius 3 is 2.76 bits per heavy atom. The molecule has 0 radical (unpaired) electrons. The van der Waals surface area contributed by atoms with Crippen LogP contribution in [0, 0.1) is 17.1 Å². The standard InChI is InChI=1S/C11H11FN2O3/c1-17-10-7(4-13)2-6(3-9(10)12)8(5-14)11(15)16/h2-3,8H,5,14H2,1H3,(H,15,16). The molecule has 0 aliphatic carbocycles. The van der Waals surface area contributed by atoms with E-state index in [0.29, 0.717) is 0 Å². The Hall–Kier alpha value is -2.13. The lowest BCUT2D eigenvalue weighted by atomic mass is 9.97. The lowest BCUT2D eigenvalue weighted by molar-refractivity contribution is -0.138. The van der Waals surface area contributed by atoms with Gasteiger partial charge in [-0.25, -0.2) is 4.39 Å². The van der Waals surface area contributed by atoms with Crippen molar-refractivity contribution >= 4 is 5.97 Å². The lowest BCUT2D eigenvalue weighted by Gasteiger charge is -2.12. The highest BCUT2D eigenvalue weighted by atomic mass is 19.1. The molecule has 0 fully saturated rings. The minimum absolute atomic E-state index is 0.0535. The number of rotatable bonds is 4. The Bertz CT molecular complexity index is 482. The van der Waals surface area contributed by atoms with Gasteiger partial charge < -0.3 is 15.6 Å². The minimum atomic E-state index is -1.17. The number of carboxylic acid groups (broad SMARTS) is 1. The second-order valence-corrected chi connectivity index (χ2v) is 3.32. The SMILES string of the molecule is COc1c(F)cc(C(CN)C(=O)O)cc1C#N. The molecule has 1 aromatic rings. The summed E-state index contributed by atoms with van der Waals surface area (Å²) in [4.78, 5) is 10.9. The fourth-order valence-electron chi connectivity index (χ4n) is 1.49. The van der Waals surface area contributed by atoms with Gasteiger partial charge in [-0.15, -0.1) is 0 Å². The molecule has 17 heavy (non-hydrogen) atoms. The van der Waals surface area contributed by atoms with Gasteiger partial charge >= 0.3 is 5.97 Å². The van der Waals surface area contributed by atoms with Crippen molar-refractivity contribution in [2.75, 3.05) is 13.7 Å². The van der Waals surface area contributed by atoms with Crippen LogP contribution in [0.1, 0.15) is 17.0 Å². The minimum Gasteiger partial charge on any atom is -0.492 e. The maximum absolute atomic E-state index is 13.5. The molecule has 1 aromatic carbocycles. The van der Waals surface area contributed by atoms with Gasteiger partial charge in [-0.3, -0.25) is 4.79 Å². The highest BCUT2D eigenvalue weighted by Gasteiger charge is 2.21. The summed E-state index contributed by atoms with van der Waals surface area (Å²) in [6, 6.07) is 4.04. The van der Waals surface area contributed by atoms with E-state index in [2.05, 4.69) is 0 Å². The Balaban J connectivity index is 3.34. The number of halogens is 1. The number of benzene rings is 1. The molecule has 0 aliphatic rings. The summed E-state index contributed by atoms with van der Waals surface area (Å²) >= 11 is 0. The van der Waals surface area contributed by atoms with E-state index in [1.54, 1.807) is 6.07 Å². The molecule has 0 aromatic heterocycles. The van der Waals surface area contributed by atoms with E-state index in [4.69, 9.17) is 20.8 Å². The van der Waals surface area contributed by atoms with Crippen molar-refractivity contribution in [3.05, 3.63) is 29.1 Å². The van der Waals surface area contributed by atoms with Crippen molar-refractivity contribution in [3.63, 3.8) is 0 Å². The molecule has 90 valence electrons. The number of ether oxygens (including phenoxy) is 1. The topological polar surface area (TPSA) is 96.3 Å². The summed E-state index contributed by atoms with van der Waals surface area (Å²) in [5.74, 6) is -3.18. The van der Waals surface area contributed by atoms with E-state index < -0.39 is 17.7 Å². The van der Waals surface area contributed by atoms with Crippen LogP contribution in [0.2, 0.25) is 0 Å². The van der Waals surface area contributed by atoms with Crippen LogP contribution in [0.3, 0.4) is 0 Å². The molecule has 6 heteroatoms. The third-order valence-electron chi connectivity index (χ3n) is 2.33. The zero-order chi connectivity index (χ0) is 13.0. The molecule has 0 heterocycles. The van der Waals surface area contributed by atoms with Crippen LogP contribution in [-0.4, -0.2) is 24.7 Å². The van der Waals surface area contributed by atoms with Gasteiger partial charge in [0.15, 0.2) is 11.6 Å². The van der Waals surface area contributed by atoms with Crippen LogP contribution >= 0.6 is 0 Å². The zero-order valence-electron chi connectivity index (χ0n) is 9.11. The Morgan fingerprint density at radius 2 is 2.35 bits per heavy atom. The molecule has 0 aliphatic heterocycles. The Morgan fingerprint density at radius 1 is 1.71 bits per heavy atom. The molecule has 1 unspecified atom stereocenters. The van der Waals surface area contributed by atoms with E-state index in [1.165, 1.54) is 13.2 Å². The molecule has 0 spiro atoms. The molecule has 0 bridgehead atoms. The van der Waals surface area contributed by atoms with Crippen LogP contribution in [0.15, 0.2) is 12.1 Å². The normalized spacial score (nSPS) is 11.6. The van der Waals surface area contributed by atoms with Gasteiger partial charge in [-0.1, -0.05) is 0 Å². The van der Waals surface area contributed by atoms with Crippen molar-refractivity contribution in [2.24, 2.45) is 5.73 Å². The summed E-state index contributed by atoms with van der Waals surface area (Å²) in [6.07, 6.45) is 0. The van der Waals surface area contributed by atoms with Crippen molar-refractivity contribution in [2.45, 2.75) is 5.92 Å². The molecule has 0 saturated heterocycles. The number of carbonyl (C=O) groups is 1. The number of carboxylic acids is 1. The molecule has 1 rings (SSSR count). The third kappa shape index (κ3) is 2.52. The van der Waals surface area contributed by atoms with Crippen LogP contribution in [-0.2, 0) is 4.79 Å². The fourth-order valence-corrected chi connectivity index (χ4v) is 1.49. The van der Waals surface area contributed by atoms with Gasteiger partial charge in [-0.2, -0.15) is 5.26 Å². The number of hydrogen-bond donors (Lipinski definition) is 2. The average Bonchev–Trinajstić information content (AvgIpc) is 2.28. The van der Waals surface area contributed by atoms with Gasteiger partial charge in [0.2, 0.25) is 0 Å². The zero-order valence-corrected chi connectivity index (χ0v) is 9.11. The van der Waals surface area contributed by atoms with Crippen LogP contribution in [0.4, 0.5) is 4.39 Å². The first kappa shape index (κ1) is 12.9. The number of nitrogens with zero attached hydrogens (tertiary/aromatic N) is 1. The van der Waals surface area contributed by atoms with Crippen molar-refractivity contribution < 1.29 is 19.0 Å². The number of methoxy groups -OCH3 is 1.